The molecule has 0 radical (unpaired) electrons. The summed E-state index contributed by atoms with van der Waals surface area (Å²) in [5.41, 5.74) is 2.59. The van der Waals surface area contributed by atoms with Gasteiger partial charge in [-0.05, 0) is 37.7 Å². The average Bonchev–Trinajstić information content (AvgIpc) is 2.49. The van der Waals surface area contributed by atoms with E-state index < -0.39 is 0 Å². The summed E-state index contributed by atoms with van der Waals surface area (Å²) in [5, 5.41) is 26.7. The van der Waals surface area contributed by atoms with Crippen molar-refractivity contribution < 1.29 is 5.11 Å². The predicted octanol–water partition coefficient (Wildman–Crippen LogP) is 2.07. The number of aryl methyl sites for hydroxylation is 1. The monoisotopic (exact) mass is 276 g/mol. The minimum atomic E-state index is 0.234. The van der Waals surface area contributed by atoms with E-state index in [1.807, 2.05) is 25.8 Å². The second-order valence-electron chi connectivity index (χ2n) is 4.85. The molecule has 0 amide bonds. The molecule has 0 unspecified atom stereocenters. The molecule has 1 aromatic rings. The number of anilines is 1. The molecule has 1 heterocycles. The van der Waals surface area contributed by atoms with Gasteiger partial charge in [-0.1, -0.05) is 13.8 Å². The van der Waals surface area contributed by atoms with Crippen molar-refractivity contribution in [1.82, 2.24) is 10.2 Å². The number of hydrogen-bond acceptors (Lipinski definition) is 5. The summed E-state index contributed by atoms with van der Waals surface area (Å²) in [6, 6.07) is 2.29. The lowest BCUT2D eigenvalue weighted by molar-refractivity contribution is 0.283. The fraction of sp³-hybridized carbons (Fsp3) is 0.667. The maximum absolute atomic E-state index is 9.43. The Kier molecular flexibility index (Phi) is 6.96. The Morgan fingerprint density at radius 1 is 1.15 bits per heavy atom. The van der Waals surface area contributed by atoms with Crippen LogP contribution < -0.4 is 4.90 Å². The Morgan fingerprint density at radius 3 is 2.45 bits per heavy atom. The molecule has 1 aromatic heterocycles. The predicted molar refractivity (Wildman–Crippen MR) is 79.7 cm³/mol. The standard InChI is InChI=1S/C15H24N4O/c1-4-12-13(11-16)15(18-17-14(12)5-2)19(3)9-7-6-8-10-20/h20H,4-10H2,1-3H3. The first-order valence-corrected chi connectivity index (χ1v) is 7.30. The Labute approximate surface area is 121 Å². The van der Waals surface area contributed by atoms with Crippen molar-refractivity contribution >= 4 is 5.82 Å². The van der Waals surface area contributed by atoms with E-state index in [4.69, 9.17) is 5.11 Å². The van der Waals surface area contributed by atoms with E-state index in [-0.39, 0.29) is 6.61 Å². The number of aliphatic hydroxyl groups is 1. The molecule has 0 bridgehead atoms. The molecular weight excluding hydrogens is 252 g/mol. The van der Waals surface area contributed by atoms with Crippen LogP contribution in [0.25, 0.3) is 0 Å². The highest BCUT2D eigenvalue weighted by Crippen LogP contribution is 2.22. The molecule has 20 heavy (non-hydrogen) atoms. The summed E-state index contributed by atoms with van der Waals surface area (Å²) in [6.07, 6.45) is 4.36. The van der Waals surface area contributed by atoms with E-state index in [0.29, 0.717) is 11.4 Å². The molecule has 0 atom stereocenters. The SMILES string of the molecule is CCc1nnc(N(C)CCCCCO)c(C#N)c1CC. The molecule has 0 aliphatic rings. The maximum Gasteiger partial charge on any atom is 0.169 e. The Hall–Kier alpha value is -1.67. The third kappa shape index (κ3) is 3.91. The quantitative estimate of drug-likeness (QED) is 0.736. The zero-order valence-electron chi connectivity index (χ0n) is 12.7. The van der Waals surface area contributed by atoms with Gasteiger partial charge in [0.25, 0.3) is 0 Å². The van der Waals surface area contributed by atoms with Crippen LogP contribution in [-0.2, 0) is 12.8 Å². The first-order chi connectivity index (χ1) is 9.69. The highest BCUT2D eigenvalue weighted by molar-refractivity contribution is 5.57. The topological polar surface area (TPSA) is 73.0 Å². The summed E-state index contributed by atoms with van der Waals surface area (Å²) >= 11 is 0. The number of rotatable bonds is 8. The highest BCUT2D eigenvalue weighted by Gasteiger charge is 2.16. The number of hydrogen-bond donors (Lipinski definition) is 1. The van der Waals surface area contributed by atoms with Gasteiger partial charge in [-0.25, -0.2) is 0 Å². The van der Waals surface area contributed by atoms with E-state index in [1.54, 1.807) is 0 Å². The fourth-order valence-electron chi connectivity index (χ4n) is 2.29. The largest absolute Gasteiger partial charge is 0.396 e. The molecule has 0 fully saturated rings. The van der Waals surface area contributed by atoms with Crippen molar-refractivity contribution in [3.8, 4) is 6.07 Å². The van der Waals surface area contributed by atoms with Crippen LogP contribution in [0.4, 0.5) is 5.82 Å². The van der Waals surface area contributed by atoms with Gasteiger partial charge in [-0.2, -0.15) is 10.4 Å². The van der Waals surface area contributed by atoms with Crippen LogP contribution in [0.15, 0.2) is 0 Å². The van der Waals surface area contributed by atoms with Crippen LogP contribution in [0.5, 0.6) is 0 Å². The van der Waals surface area contributed by atoms with Crippen LogP contribution in [0, 0.1) is 11.3 Å². The van der Waals surface area contributed by atoms with E-state index in [9.17, 15) is 5.26 Å². The van der Waals surface area contributed by atoms with Crippen molar-refractivity contribution in [1.29, 1.82) is 5.26 Å². The molecule has 0 aliphatic heterocycles. The lowest BCUT2D eigenvalue weighted by atomic mass is 10.0. The van der Waals surface area contributed by atoms with E-state index in [0.717, 1.165) is 49.9 Å². The lowest BCUT2D eigenvalue weighted by Gasteiger charge is -2.20. The van der Waals surface area contributed by atoms with Crippen LogP contribution in [0.1, 0.15) is 49.9 Å². The van der Waals surface area contributed by atoms with E-state index >= 15 is 0 Å². The highest BCUT2D eigenvalue weighted by atomic mass is 16.2. The second kappa shape index (κ2) is 8.49. The smallest absolute Gasteiger partial charge is 0.169 e. The molecule has 0 aromatic carbocycles. The van der Waals surface area contributed by atoms with Gasteiger partial charge in [0.05, 0.1) is 5.69 Å². The van der Waals surface area contributed by atoms with Crippen molar-refractivity contribution in [3.05, 3.63) is 16.8 Å². The molecule has 1 rings (SSSR count). The van der Waals surface area contributed by atoms with Gasteiger partial charge in [0.1, 0.15) is 11.6 Å². The van der Waals surface area contributed by atoms with E-state index in [1.165, 1.54) is 0 Å². The Morgan fingerprint density at radius 2 is 1.90 bits per heavy atom. The van der Waals surface area contributed by atoms with Gasteiger partial charge in [0.15, 0.2) is 5.82 Å². The molecule has 110 valence electrons. The van der Waals surface area contributed by atoms with Gasteiger partial charge < -0.3 is 10.0 Å². The Bertz CT molecular complexity index is 468. The maximum atomic E-state index is 9.43. The van der Waals surface area contributed by atoms with Gasteiger partial charge in [0.2, 0.25) is 0 Å². The van der Waals surface area contributed by atoms with Crippen LogP contribution in [0.3, 0.4) is 0 Å². The Balaban J connectivity index is 2.92. The summed E-state index contributed by atoms with van der Waals surface area (Å²) < 4.78 is 0. The number of nitriles is 1. The minimum Gasteiger partial charge on any atom is -0.396 e. The first-order valence-electron chi connectivity index (χ1n) is 7.30. The van der Waals surface area contributed by atoms with Crippen molar-refractivity contribution in [2.75, 3.05) is 25.1 Å². The van der Waals surface area contributed by atoms with Crippen molar-refractivity contribution in [2.45, 2.75) is 46.0 Å². The normalized spacial score (nSPS) is 10.3. The summed E-state index contributed by atoms with van der Waals surface area (Å²) in [4.78, 5) is 1.99. The molecular formula is C15H24N4O. The second-order valence-corrected chi connectivity index (χ2v) is 4.85. The van der Waals surface area contributed by atoms with Gasteiger partial charge >= 0.3 is 0 Å². The van der Waals surface area contributed by atoms with Crippen molar-refractivity contribution in [2.24, 2.45) is 0 Å². The zero-order chi connectivity index (χ0) is 15.0. The average molecular weight is 276 g/mol. The number of unbranched alkanes of at least 4 members (excludes halogenated alkanes) is 2. The lowest BCUT2D eigenvalue weighted by Crippen LogP contribution is -2.22. The molecule has 5 nitrogen and oxygen atoms in total. The number of nitrogens with zero attached hydrogens (tertiary/aromatic N) is 4. The van der Waals surface area contributed by atoms with Crippen LogP contribution in [-0.4, -0.2) is 35.5 Å². The number of aliphatic hydroxyl groups excluding tert-OH is 1. The van der Waals surface area contributed by atoms with Gasteiger partial charge in [-0.15, -0.1) is 5.10 Å². The van der Waals surface area contributed by atoms with Crippen LogP contribution in [0.2, 0.25) is 0 Å². The molecule has 0 aliphatic carbocycles. The summed E-state index contributed by atoms with van der Waals surface area (Å²) in [5.74, 6) is 0.672. The molecule has 5 heteroatoms. The summed E-state index contributed by atoms with van der Waals surface area (Å²) in [7, 11) is 1.94. The fourth-order valence-corrected chi connectivity index (χ4v) is 2.29. The van der Waals surface area contributed by atoms with Crippen molar-refractivity contribution in [3.63, 3.8) is 0 Å². The van der Waals surface area contributed by atoms with E-state index in [2.05, 4.69) is 16.3 Å². The van der Waals surface area contributed by atoms with Crippen LogP contribution >= 0.6 is 0 Å². The zero-order valence-corrected chi connectivity index (χ0v) is 12.7. The minimum absolute atomic E-state index is 0.234. The van der Waals surface area contributed by atoms with Gasteiger partial charge in [0, 0.05) is 20.2 Å². The molecule has 0 saturated carbocycles. The molecule has 0 spiro atoms. The molecule has 1 N–H and O–H groups in total. The third-order valence-electron chi connectivity index (χ3n) is 3.45. The molecule has 0 saturated heterocycles. The summed E-state index contributed by atoms with van der Waals surface area (Å²) in [6.45, 7) is 5.13. The third-order valence-corrected chi connectivity index (χ3v) is 3.45. The number of aromatic nitrogens is 2. The first kappa shape index (κ1) is 16.4. The van der Waals surface area contributed by atoms with Gasteiger partial charge in [-0.3, -0.25) is 0 Å².